The Kier molecular flexibility index (Phi) is 2.97. The Morgan fingerprint density at radius 3 is 2.82 bits per heavy atom. The molecule has 2 rings (SSSR count). The number of nitrogens with one attached hydrogen (secondary N) is 1. The number of nitriles is 1. The summed E-state index contributed by atoms with van der Waals surface area (Å²) in [5.74, 6) is 0.0149. The van der Waals surface area contributed by atoms with Gasteiger partial charge in [-0.15, -0.1) is 0 Å². The summed E-state index contributed by atoms with van der Waals surface area (Å²) in [5.41, 5.74) is 1.22. The number of nitrogens with zero attached hydrogens (tertiary/aromatic N) is 3. The van der Waals surface area contributed by atoms with E-state index in [-0.39, 0.29) is 11.5 Å². The van der Waals surface area contributed by atoms with E-state index in [4.69, 9.17) is 5.26 Å². The highest BCUT2D eigenvalue weighted by Gasteiger charge is 2.07. The van der Waals surface area contributed by atoms with E-state index in [1.165, 1.54) is 18.5 Å². The average Bonchev–Trinajstić information content (AvgIpc) is 2.35. The molecule has 1 N–H and O–H groups in total. The molecular formula is C12H9FN4. The molecule has 2 aromatic rings. The third kappa shape index (κ3) is 2.21. The fourth-order valence-corrected chi connectivity index (χ4v) is 1.38. The van der Waals surface area contributed by atoms with Gasteiger partial charge in [-0.1, -0.05) is 6.07 Å². The Morgan fingerprint density at radius 2 is 2.06 bits per heavy atom. The van der Waals surface area contributed by atoms with Gasteiger partial charge in [0.15, 0.2) is 11.5 Å². The topological polar surface area (TPSA) is 61.6 Å². The van der Waals surface area contributed by atoms with Gasteiger partial charge in [0, 0.05) is 23.6 Å². The molecule has 5 heteroatoms. The molecule has 0 saturated carbocycles. The van der Waals surface area contributed by atoms with E-state index in [1.54, 1.807) is 19.1 Å². The first-order valence-corrected chi connectivity index (χ1v) is 4.95. The molecule has 0 fully saturated rings. The van der Waals surface area contributed by atoms with Crippen LogP contribution in [0.15, 0.2) is 30.6 Å². The van der Waals surface area contributed by atoms with Gasteiger partial charge >= 0.3 is 0 Å². The highest BCUT2D eigenvalue weighted by atomic mass is 19.1. The fraction of sp³-hybridized carbons (Fsp3) is 0.0833. The van der Waals surface area contributed by atoms with Crippen molar-refractivity contribution < 1.29 is 4.39 Å². The van der Waals surface area contributed by atoms with Gasteiger partial charge < -0.3 is 5.32 Å². The Balaban J connectivity index is 2.39. The van der Waals surface area contributed by atoms with Gasteiger partial charge in [0.25, 0.3) is 0 Å². The molecule has 1 aromatic carbocycles. The molecule has 0 bridgehead atoms. The molecule has 0 atom stereocenters. The number of hydrogen-bond acceptors (Lipinski definition) is 4. The minimum Gasteiger partial charge on any atom is -0.337 e. The van der Waals surface area contributed by atoms with Crippen molar-refractivity contribution in [1.82, 2.24) is 9.97 Å². The molecule has 0 unspecified atom stereocenters. The Hall–Kier alpha value is -2.48. The largest absolute Gasteiger partial charge is 0.337 e. The summed E-state index contributed by atoms with van der Waals surface area (Å²) in [5, 5.41) is 11.8. The first kappa shape index (κ1) is 11.0. The van der Waals surface area contributed by atoms with Crippen LogP contribution < -0.4 is 5.32 Å². The molecular weight excluding hydrogens is 219 g/mol. The zero-order valence-corrected chi connectivity index (χ0v) is 9.11. The van der Waals surface area contributed by atoms with Crippen LogP contribution in [0.4, 0.5) is 15.9 Å². The minimum absolute atomic E-state index is 0.177. The van der Waals surface area contributed by atoms with E-state index >= 15 is 0 Å². The van der Waals surface area contributed by atoms with Crippen LogP contribution in [-0.2, 0) is 0 Å². The van der Waals surface area contributed by atoms with Crippen LogP contribution in [0.1, 0.15) is 11.3 Å². The lowest BCUT2D eigenvalue weighted by molar-refractivity contribution is 0.619. The van der Waals surface area contributed by atoms with Crippen molar-refractivity contribution in [3.63, 3.8) is 0 Å². The molecule has 0 aliphatic carbocycles. The van der Waals surface area contributed by atoms with Crippen LogP contribution in [0, 0.1) is 24.1 Å². The SMILES string of the molecule is Cc1c(F)cccc1Nc1nccnc1C#N. The van der Waals surface area contributed by atoms with Gasteiger partial charge in [-0.2, -0.15) is 5.26 Å². The standard InChI is InChI=1S/C12H9FN4/c1-8-9(13)3-2-4-10(8)17-12-11(7-14)15-5-6-16-12/h2-6H,1H3,(H,16,17). The molecule has 1 aromatic heterocycles. The Bertz CT molecular complexity index is 589. The average molecular weight is 228 g/mol. The van der Waals surface area contributed by atoms with Gasteiger partial charge in [-0.3, -0.25) is 0 Å². The summed E-state index contributed by atoms with van der Waals surface area (Å²) >= 11 is 0. The number of halogens is 1. The summed E-state index contributed by atoms with van der Waals surface area (Å²) in [4.78, 5) is 7.86. The van der Waals surface area contributed by atoms with Gasteiger partial charge in [0.05, 0.1) is 0 Å². The van der Waals surface area contributed by atoms with E-state index < -0.39 is 0 Å². The van der Waals surface area contributed by atoms with Crippen molar-refractivity contribution in [2.75, 3.05) is 5.32 Å². The maximum atomic E-state index is 13.3. The smallest absolute Gasteiger partial charge is 0.183 e. The zero-order valence-electron chi connectivity index (χ0n) is 9.11. The van der Waals surface area contributed by atoms with Crippen molar-refractivity contribution >= 4 is 11.5 Å². The van der Waals surface area contributed by atoms with Crippen molar-refractivity contribution in [3.05, 3.63) is 47.7 Å². The number of hydrogen-bond donors (Lipinski definition) is 1. The van der Waals surface area contributed by atoms with Gasteiger partial charge in [0.1, 0.15) is 11.9 Å². The third-order valence-electron chi connectivity index (χ3n) is 2.32. The third-order valence-corrected chi connectivity index (χ3v) is 2.32. The maximum Gasteiger partial charge on any atom is 0.183 e. The number of rotatable bonds is 2. The van der Waals surface area contributed by atoms with Crippen molar-refractivity contribution in [2.45, 2.75) is 6.92 Å². The van der Waals surface area contributed by atoms with E-state index in [0.29, 0.717) is 17.1 Å². The fourth-order valence-electron chi connectivity index (χ4n) is 1.38. The predicted molar refractivity (Wildman–Crippen MR) is 61.2 cm³/mol. The first-order chi connectivity index (χ1) is 8.22. The molecule has 17 heavy (non-hydrogen) atoms. The first-order valence-electron chi connectivity index (χ1n) is 4.95. The van der Waals surface area contributed by atoms with Crippen LogP contribution in [0.3, 0.4) is 0 Å². The highest BCUT2D eigenvalue weighted by Crippen LogP contribution is 2.22. The number of anilines is 2. The van der Waals surface area contributed by atoms with Crippen LogP contribution in [-0.4, -0.2) is 9.97 Å². The molecule has 0 spiro atoms. The lowest BCUT2D eigenvalue weighted by Crippen LogP contribution is -2.00. The monoisotopic (exact) mass is 228 g/mol. The number of aromatic nitrogens is 2. The highest BCUT2D eigenvalue weighted by molar-refractivity contribution is 5.63. The second-order valence-corrected chi connectivity index (χ2v) is 3.40. The summed E-state index contributed by atoms with van der Waals surface area (Å²) in [7, 11) is 0. The maximum absolute atomic E-state index is 13.3. The summed E-state index contributed by atoms with van der Waals surface area (Å²) in [6, 6.07) is 6.60. The van der Waals surface area contributed by atoms with E-state index in [0.717, 1.165) is 0 Å². The summed E-state index contributed by atoms with van der Waals surface area (Å²) in [6.45, 7) is 1.65. The second-order valence-electron chi connectivity index (χ2n) is 3.40. The van der Waals surface area contributed by atoms with Crippen molar-refractivity contribution in [3.8, 4) is 6.07 Å². The minimum atomic E-state index is -0.308. The molecule has 0 saturated heterocycles. The van der Waals surface area contributed by atoms with Crippen LogP contribution in [0.5, 0.6) is 0 Å². The molecule has 84 valence electrons. The van der Waals surface area contributed by atoms with Gasteiger partial charge in [-0.25, -0.2) is 14.4 Å². The Morgan fingerprint density at radius 1 is 1.29 bits per heavy atom. The molecule has 0 amide bonds. The molecule has 0 radical (unpaired) electrons. The molecule has 0 aliphatic heterocycles. The van der Waals surface area contributed by atoms with Crippen LogP contribution in [0.25, 0.3) is 0 Å². The summed E-state index contributed by atoms with van der Waals surface area (Å²) < 4.78 is 13.3. The van der Waals surface area contributed by atoms with E-state index in [1.807, 2.05) is 6.07 Å². The second kappa shape index (κ2) is 4.58. The lowest BCUT2D eigenvalue weighted by Gasteiger charge is -2.09. The molecule has 4 nitrogen and oxygen atoms in total. The zero-order chi connectivity index (χ0) is 12.3. The van der Waals surface area contributed by atoms with Crippen molar-refractivity contribution in [1.29, 1.82) is 5.26 Å². The van der Waals surface area contributed by atoms with Gasteiger partial charge in [0.2, 0.25) is 0 Å². The molecule has 1 heterocycles. The van der Waals surface area contributed by atoms with Crippen LogP contribution in [0.2, 0.25) is 0 Å². The lowest BCUT2D eigenvalue weighted by atomic mass is 10.2. The van der Waals surface area contributed by atoms with E-state index in [9.17, 15) is 4.39 Å². The van der Waals surface area contributed by atoms with E-state index in [2.05, 4.69) is 15.3 Å². The molecule has 0 aliphatic rings. The van der Waals surface area contributed by atoms with Crippen molar-refractivity contribution in [2.24, 2.45) is 0 Å². The normalized spacial score (nSPS) is 9.71. The van der Waals surface area contributed by atoms with Crippen LogP contribution >= 0.6 is 0 Å². The Labute approximate surface area is 97.8 Å². The quantitative estimate of drug-likeness (QED) is 0.857. The number of benzene rings is 1. The predicted octanol–water partition coefficient (Wildman–Crippen LogP) is 2.54. The summed E-state index contributed by atoms with van der Waals surface area (Å²) in [6.07, 6.45) is 2.90. The van der Waals surface area contributed by atoms with Gasteiger partial charge in [-0.05, 0) is 19.1 Å².